The van der Waals surface area contributed by atoms with Crippen molar-refractivity contribution in [1.82, 2.24) is 4.90 Å². The van der Waals surface area contributed by atoms with E-state index in [-0.39, 0.29) is 12.6 Å². The summed E-state index contributed by atoms with van der Waals surface area (Å²) in [5, 5.41) is 18.2. The third kappa shape index (κ3) is 2.35. The number of carbonyl (C=O) groups is 2. The minimum atomic E-state index is -1.41. The maximum Gasteiger partial charge on any atom is 0.318 e. The quantitative estimate of drug-likeness (QED) is 0.690. The Labute approximate surface area is 95.1 Å². The standard InChI is InChI=1S/C11H19NO4/c1-11(2,10(15)16)9(14)12-6-4-3-5-8(12)7-13/h8,13H,3-7H2,1-2H3,(H,15,16). The first kappa shape index (κ1) is 13.0. The van der Waals surface area contributed by atoms with E-state index in [0.29, 0.717) is 6.54 Å². The number of carboxylic acids is 1. The van der Waals surface area contributed by atoms with Crippen LogP contribution < -0.4 is 0 Å². The van der Waals surface area contributed by atoms with Gasteiger partial charge >= 0.3 is 5.97 Å². The first-order valence-corrected chi connectivity index (χ1v) is 5.56. The van der Waals surface area contributed by atoms with E-state index in [2.05, 4.69) is 0 Å². The monoisotopic (exact) mass is 229 g/mol. The molecule has 1 saturated heterocycles. The molecule has 5 nitrogen and oxygen atoms in total. The second kappa shape index (κ2) is 4.82. The Kier molecular flexibility index (Phi) is 3.91. The number of aliphatic carboxylic acids is 1. The van der Waals surface area contributed by atoms with Gasteiger partial charge in [-0.2, -0.15) is 0 Å². The highest BCUT2D eigenvalue weighted by atomic mass is 16.4. The van der Waals surface area contributed by atoms with E-state index in [0.717, 1.165) is 19.3 Å². The average Bonchev–Trinajstić information content (AvgIpc) is 2.27. The van der Waals surface area contributed by atoms with Gasteiger partial charge in [-0.25, -0.2) is 0 Å². The summed E-state index contributed by atoms with van der Waals surface area (Å²) in [5.41, 5.74) is -1.41. The number of piperidine rings is 1. The molecule has 1 amide bonds. The van der Waals surface area contributed by atoms with Gasteiger partial charge in [-0.3, -0.25) is 9.59 Å². The van der Waals surface area contributed by atoms with Crippen molar-refractivity contribution in [1.29, 1.82) is 0 Å². The lowest BCUT2D eigenvalue weighted by Crippen LogP contribution is -2.52. The Hall–Kier alpha value is -1.10. The molecule has 0 radical (unpaired) electrons. The molecule has 0 aliphatic carbocycles. The van der Waals surface area contributed by atoms with E-state index in [1.165, 1.54) is 18.7 Å². The van der Waals surface area contributed by atoms with Crippen molar-refractivity contribution in [3.8, 4) is 0 Å². The summed E-state index contributed by atoms with van der Waals surface area (Å²) in [7, 11) is 0. The number of amides is 1. The van der Waals surface area contributed by atoms with Crippen LogP contribution in [0.15, 0.2) is 0 Å². The minimum Gasteiger partial charge on any atom is -0.480 e. The van der Waals surface area contributed by atoms with Gasteiger partial charge in [-0.1, -0.05) is 0 Å². The van der Waals surface area contributed by atoms with Crippen LogP contribution >= 0.6 is 0 Å². The van der Waals surface area contributed by atoms with Crippen LogP contribution in [-0.2, 0) is 9.59 Å². The molecule has 16 heavy (non-hydrogen) atoms. The molecule has 1 atom stereocenters. The van der Waals surface area contributed by atoms with Gasteiger partial charge in [0.25, 0.3) is 0 Å². The third-order valence-electron chi connectivity index (χ3n) is 3.17. The van der Waals surface area contributed by atoms with E-state index in [9.17, 15) is 14.7 Å². The predicted octanol–water partition coefficient (Wildman–Crippen LogP) is 0.471. The van der Waals surface area contributed by atoms with E-state index in [4.69, 9.17) is 5.11 Å². The SMILES string of the molecule is CC(C)(C(=O)O)C(=O)N1CCCCC1CO. The van der Waals surface area contributed by atoms with Crippen LogP contribution in [0.1, 0.15) is 33.1 Å². The van der Waals surface area contributed by atoms with Gasteiger partial charge in [0, 0.05) is 6.54 Å². The van der Waals surface area contributed by atoms with Gasteiger partial charge in [0.1, 0.15) is 5.41 Å². The largest absolute Gasteiger partial charge is 0.480 e. The zero-order valence-electron chi connectivity index (χ0n) is 9.77. The number of likely N-dealkylation sites (tertiary alicyclic amines) is 1. The van der Waals surface area contributed by atoms with Crippen LogP contribution in [0.3, 0.4) is 0 Å². The summed E-state index contributed by atoms with van der Waals surface area (Å²) in [4.78, 5) is 24.6. The van der Waals surface area contributed by atoms with Gasteiger partial charge in [0.15, 0.2) is 0 Å². The number of nitrogens with zero attached hydrogens (tertiary/aromatic N) is 1. The second-order valence-electron chi connectivity index (χ2n) is 4.76. The molecule has 0 saturated carbocycles. The highest BCUT2D eigenvalue weighted by molar-refractivity contribution is 6.01. The summed E-state index contributed by atoms with van der Waals surface area (Å²) in [5.74, 6) is -1.53. The minimum absolute atomic E-state index is 0.0958. The number of aliphatic hydroxyl groups excluding tert-OH is 1. The fourth-order valence-corrected chi connectivity index (χ4v) is 1.91. The van der Waals surface area contributed by atoms with Gasteiger partial charge in [0.2, 0.25) is 5.91 Å². The molecule has 0 bridgehead atoms. The fraction of sp³-hybridized carbons (Fsp3) is 0.818. The molecule has 1 aliphatic rings. The van der Waals surface area contributed by atoms with Crippen molar-refractivity contribution in [2.24, 2.45) is 5.41 Å². The van der Waals surface area contributed by atoms with Gasteiger partial charge in [0.05, 0.1) is 12.6 Å². The molecular weight excluding hydrogens is 210 g/mol. The second-order valence-corrected chi connectivity index (χ2v) is 4.76. The lowest BCUT2D eigenvalue weighted by atomic mass is 9.89. The molecule has 1 rings (SSSR count). The van der Waals surface area contributed by atoms with E-state index in [1.807, 2.05) is 0 Å². The van der Waals surface area contributed by atoms with Gasteiger partial charge in [-0.05, 0) is 33.1 Å². The maximum absolute atomic E-state index is 12.1. The molecule has 0 spiro atoms. The fourth-order valence-electron chi connectivity index (χ4n) is 1.91. The number of carbonyl (C=O) groups excluding carboxylic acids is 1. The van der Waals surface area contributed by atoms with Crippen molar-refractivity contribution in [2.75, 3.05) is 13.2 Å². The average molecular weight is 229 g/mol. The molecule has 1 unspecified atom stereocenters. The first-order chi connectivity index (χ1) is 7.41. The number of aliphatic hydroxyl groups is 1. The van der Waals surface area contributed by atoms with Crippen LogP contribution in [0.5, 0.6) is 0 Å². The van der Waals surface area contributed by atoms with Crippen molar-refractivity contribution in [3.63, 3.8) is 0 Å². The highest BCUT2D eigenvalue weighted by Gasteiger charge is 2.41. The van der Waals surface area contributed by atoms with Crippen molar-refractivity contribution in [3.05, 3.63) is 0 Å². The summed E-state index contributed by atoms with van der Waals surface area (Å²) < 4.78 is 0. The zero-order valence-corrected chi connectivity index (χ0v) is 9.77. The van der Waals surface area contributed by atoms with Gasteiger partial charge < -0.3 is 15.1 Å². The van der Waals surface area contributed by atoms with Crippen LogP contribution in [0.2, 0.25) is 0 Å². The highest BCUT2D eigenvalue weighted by Crippen LogP contribution is 2.25. The lowest BCUT2D eigenvalue weighted by Gasteiger charge is -2.38. The Bertz CT molecular complexity index is 288. The van der Waals surface area contributed by atoms with Crippen LogP contribution in [0.25, 0.3) is 0 Å². The molecule has 2 N–H and O–H groups in total. The summed E-state index contributed by atoms with van der Waals surface area (Å²) >= 11 is 0. The Morgan fingerprint density at radius 2 is 2.00 bits per heavy atom. The normalized spacial score (nSPS) is 21.9. The molecule has 5 heteroatoms. The molecule has 92 valence electrons. The lowest BCUT2D eigenvalue weighted by molar-refractivity contribution is -0.160. The van der Waals surface area contributed by atoms with Crippen LogP contribution in [-0.4, -0.2) is 46.2 Å². The summed E-state index contributed by atoms with van der Waals surface area (Å²) in [6.07, 6.45) is 2.60. The molecule has 1 aliphatic heterocycles. The van der Waals surface area contributed by atoms with E-state index in [1.54, 1.807) is 0 Å². The summed E-state index contributed by atoms with van der Waals surface area (Å²) in [6, 6.07) is -0.222. The van der Waals surface area contributed by atoms with Crippen molar-refractivity contribution >= 4 is 11.9 Å². The molecule has 0 aromatic heterocycles. The summed E-state index contributed by atoms with van der Waals surface area (Å²) in [6.45, 7) is 3.25. The van der Waals surface area contributed by atoms with Crippen LogP contribution in [0.4, 0.5) is 0 Å². The van der Waals surface area contributed by atoms with Gasteiger partial charge in [-0.15, -0.1) is 0 Å². The molecule has 1 fully saturated rings. The molecule has 1 heterocycles. The van der Waals surface area contributed by atoms with Crippen molar-refractivity contribution < 1.29 is 19.8 Å². The smallest absolute Gasteiger partial charge is 0.318 e. The Morgan fingerprint density at radius 1 is 1.38 bits per heavy atom. The van der Waals surface area contributed by atoms with E-state index >= 15 is 0 Å². The topological polar surface area (TPSA) is 77.8 Å². The number of carboxylic acid groups (broad SMARTS) is 1. The molecular formula is C11H19NO4. The zero-order chi connectivity index (χ0) is 12.3. The number of rotatable bonds is 3. The maximum atomic E-state index is 12.1. The third-order valence-corrected chi connectivity index (χ3v) is 3.17. The Morgan fingerprint density at radius 3 is 2.50 bits per heavy atom. The molecule has 0 aromatic carbocycles. The first-order valence-electron chi connectivity index (χ1n) is 5.56. The van der Waals surface area contributed by atoms with E-state index < -0.39 is 17.3 Å². The molecule has 0 aromatic rings. The van der Waals surface area contributed by atoms with Crippen molar-refractivity contribution in [2.45, 2.75) is 39.2 Å². The van der Waals surface area contributed by atoms with Crippen LogP contribution in [0, 0.1) is 5.41 Å². The Balaban J connectivity index is 2.82. The number of hydrogen-bond donors (Lipinski definition) is 2. The number of hydrogen-bond acceptors (Lipinski definition) is 3. The predicted molar refractivity (Wildman–Crippen MR) is 57.9 cm³/mol.